The molecule has 1 aromatic heterocycles. The lowest BCUT2D eigenvalue weighted by molar-refractivity contribution is 0.0540. The smallest absolute Gasteiger partial charge is 0.0756 e. The number of aryl methyl sites for hydroxylation is 1. The van der Waals surface area contributed by atoms with Crippen LogP contribution in [0.4, 0.5) is 0 Å². The summed E-state index contributed by atoms with van der Waals surface area (Å²) in [5.41, 5.74) is 9.88. The lowest BCUT2D eigenvalue weighted by Gasteiger charge is -2.24. The molecule has 1 saturated heterocycles. The SMILES string of the molecule is Cc1nn(C2CCCOC2)c(C)c1C1(N)CC1. The van der Waals surface area contributed by atoms with E-state index in [4.69, 9.17) is 15.6 Å². The molecule has 3 rings (SSSR count). The monoisotopic (exact) mass is 235 g/mol. The van der Waals surface area contributed by atoms with Gasteiger partial charge in [0.05, 0.1) is 18.3 Å². The summed E-state index contributed by atoms with van der Waals surface area (Å²) in [6.07, 6.45) is 4.49. The zero-order valence-electron chi connectivity index (χ0n) is 10.7. The summed E-state index contributed by atoms with van der Waals surface area (Å²) in [6.45, 7) is 5.91. The highest BCUT2D eigenvalue weighted by molar-refractivity contribution is 5.37. The molecular weight excluding hydrogens is 214 g/mol. The van der Waals surface area contributed by atoms with Crippen LogP contribution in [0.5, 0.6) is 0 Å². The Morgan fingerprint density at radius 1 is 1.41 bits per heavy atom. The fourth-order valence-electron chi connectivity index (χ4n) is 3.04. The number of nitrogens with two attached hydrogens (primary N) is 1. The van der Waals surface area contributed by atoms with Gasteiger partial charge in [-0.2, -0.15) is 5.10 Å². The predicted octanol–water partition coefficient (Wildman–Crippen LogP) is 1.80. The predicted molar refractivity (Wildman–Crippen MR) is 65.9 cm³/mol. The van der Waals surface area contributed by atoms with Crippen LogP contribution in [0.1, 0.15) is 48.7 Å². The third kappa shape index (κ3) is 1.79. The van der Waals surface area contributed by atoms with Crippen molar-refractivity contribution in [2.75, 3.05) is 13.2 Å². The van der Waals surface area contributed by atoms with E-state index in [0.29, 0.717) is 6.04 Å². The van der Waals surface area contributed by atoms with Crippen LogP contribution in [0.25, 0.3) is 0 Å². The van der Waals surface area contributed by atoms with Crippen LogP contribution in [-0.4, -0.2) is 23.0 Å². The number of hydrogen-bond acceptors (Lipinski definition) is 3. The molecule has 1 aromatic rings. The van der Waals surface area contributed by atoms with Crippen molar-refractivity contribution in [3.05, 3.63) is 17.0 Å². The quantitative estimate of drug-likeness (QED) is 0.850. The van der Waals surface area contributed by atoms with Gasteiger partial charge in [-0.3, -0.25) is 4.68 Å². The van der Waals surface area contributed by atoms with Crippen LogP contribution >= 0.6 is 0 Å². The molecule has 2 N–H and O–H groups in total. The van der Waals surface area contributed by atoms with E-state index in [2.05, 4.69) is 18.5 Å². The topological polar surface area (TPSA) is 53.1 Å². The molecule has 2 fully saturated rings. The van der Waals surface area contributed by atoms with Crippen LogP contribution in [0.3, 0.4) is 0 Å². The fraction of sp³-hybridized carbons (Fsp3) is 0.769. The van der Waals surface area contributed by atoms with E-state index in [0.717, 1.165) is 38.2 Å². The van der Waals surface area contributed by atoms with Crippen molar-refractivity contribution in [1.29, 1.82) is 0 Å². The number of hydrogen-bond donors (Lipinski definition) is 1. The first-order valence-corrected chi connectivity index (χ1v) is 6.55. The maximum absolute atomic E-state index is 6.33. The largest absolute Gasteiger partial charge is 0.379 e. The van der Waals surface area contributed by atoms with Gasteiger partial charge < -0.3 is 10.5 Å². The fourth-order valence-corrected chi connectivity index (χ4v) is 3.04. The number of nitrogens with zero attached hydrogens (tertiary/aromatic N) is 2. The average Bonchev–Trinajstić information content (AvgIpc) is 2.97. The van der Waals surface area contributed by atoms with Crippen LogP contribution in [0, 0.1) is 13.8 Å². The molecule has 0 amide bonds. The van der Waals surface area contributed by atoms with Gasteiger partial charge in [-0.15, -0.1) is 0 Å². The van der Waals surface area contributed by atoms with Crippen LogP contribution in [-0.2, 0) is 10.3 Å². The van der Waals surface area contributed by atoms with Gasteiger partial charge in [0.25, 0.3) is 0 Å². The Bertz CT molecular complexity index is 428. The highest BCUT2D eigenvalue weighted by Gasteiger charge is 2.44. The molecule has 1 saturated carbocycles. The number of ether oxygens (including phenoxy) is 1. The second-order valence-electron chi connectivity index (χ2n) is 5.52. The van der Waals surface area contributed by atoms with E-state index < -0.39 is 0 Å². The first-order chi connectivity index (χ1) is 8.12. The van der Waals surface area contributed by atoms with E-state index >= 15 is 0 Å². The Morgan fingerprint density at radius 2 is 2.18 bits per heavy atom. The maximum atomic E-state index is 6.33. The van der Waals surface area contributed by atoms with Gasteiger partial charge in [-0.25, -0.2) is 0 Å². The molecule has 4 heteroatoms. The highest BCUT2D eigenvalue weighted by atomic mass is 16.5. The Balaban J connectivity index is 1.95. The Hall–Kier alpha value is -0.870. The molecule has 94 valence electrons. The Kier molecular flexibility index (Phi) is 2.52. The normalized spacial score (nSPS) is 27.1. The highest BCUT2D eigenvalue weighted by Crippen LogP contribution is 2.45. The summed E-state index contributed by atoms with van der Waals surface area (Å²) < 4.78 is 7.70. The maximum Gasteiger partial charge on any atom is 0.0756 e. The molecule has 1 aliphatic carbocycles. The van der Waals surface area contributed by atoms with Gasteiger partial charge in [0, 0.05) is 23.4 Å². The van der Waals surface area contributed by atoms with E-state index in [1.54, 1.807) is 0 Å². The summed E-state index contributed by atoms with van der Waals surface area (Å²) >= 11 is 0. The zero-order chi connectivity index (χ0) is 12.0. The molecule has 1 atom stereocenters. The van der Waals surface area contributed by atoms with Gasteiger partial charge in [-0.05, 0) is 39.5 Å². The second kappa shape index (κ2) is 3.82. The third-order valence-electron chi connectivity index (χ3n) is 4.09. The molecular formula is C13H21N3O. The van der Waals surface area contributed by atoms with Crippen molar-refractivity contribution >= 4 is 0 Å². The van der Waals surface area contributed by atoms with E-state index in [-0.39, 0.29) is 5.54 Å². The first kappa shape index (κ1) is 11.2. The van der Waals surface area contributed by atoms with E-state index in [9.17, 15) is 0 Å². The van der Waals surface area contributed by atoms with Crippen molar-refractivity contribution in [2.45, 2.75) is 51.1 Å². The molecule has 1 unspecified atom stereocenters. The van der Waals surface area contributed by atoms with Gasteiger partial charge >= 0.3 is 0 Å². The van der Waals surface area contributed by atoms with Crippen LogP contribution in [0.15, 0.2) is 0 Å². The zero-order valence-corrected chi connectivity index (χ0v) is 10.7. The molecule has 0 bridgehead atoms. The minimum atomic E-state index is -0.0814. The molecule has 1 aliphatic heterocycles. The van der Waals surface area contributed by atoms with Crippen LogP contribution in [0.2, 0.25) is 0 Å². The van der Waals surface area contributed by atoms with Crippen molar-refractivity contribution in [3.8, 4) is 0 Å². The Morgan fingerprint density at radius 3 is 2.76 bits per heavy atom. The van der Waals surface area contributed by atoms with Crippen molar-refractivity contribution in [1.82, 2.24) is 9.78 Å². The number of rotatable bonds is 2. The first-order valence-electron chi connectivity index (χ1n) is 6.55. The van der Waals surface area contributed by atoms with Crippen molar-refractivity contribution in [3.63, 3.8) is 0 Å². The van der Waals surface area contributed by atoms with Gasteiger partial charge in [0.2, 0.25) is 0 Å². The molecule has 2 aliphatic rings. The van der Waals surface area contributed by atoms with Gasteiger partial charge in [-0.1, -0.05) is 0 Å². The summed E-state index contributed by atoms with van der Waals surface area (Å²) in [5, 5.41) is 4.70. The number of aromatic nitrogens is 2. The van der Waals surface area contributed by atoms with Gasteiger partial charge in [0.15, 0.2) is 0 Å². The van der Waals surface area contributed by atoms with Gasteiger partial charge in [0.1, 0.15) is 0 Å². The Labute approximate surface area is 102 Å². The molecule has 0 radical (unpaired) electrons. The van der Waals surface area contributed by atoms with E-state index in [1.807, 2.05) is 0 Å². The van der Waals surface area contributed by atoms with Crippen molar-refractivity contribution < 1.29 is 4.74 Å². The third-order valence-corrected chi connectivity index (χ3v) is 4.09. The molecule has 2 heterocycles. The second-order valence-corrected chi connectivity index (χ2v) is 5.52. The van der Waals surface area contributed by atoms with E-state index in [1.165, 1.54) is 17.7 Å². The molecule has 0 aromatic carbocycles. The summed E-state index contributed by atoms with van der Waals surface area (Å²) in [4.78, 5) is 0. The lowest BCUT2D eigenvalue weighted by atomic mass is 10.0. The summed E-state index contributed by atoms with van der Waals surface area (Å²) in [5.74, 6) is 0. The minimum absolute atomic E-state index is 0.0814. The molecule has 0 spiro atoms. The summed E-state index contributed by atoms with van der Waals surface area (Å²) in [6, 6.07) is 0.401. The minimum Gasteiger partial charge on any atom is -0.379 e. The molecule has 4 nitrogen and oxygen atoms in total. The molecule has 17 heavy (non-hydrogen) atoms. The average molecular weight is 235 g/mol. The standard InChI is InChI=1S/C13H21N3O/c1-9-12(13(14)5-6-13)10(2)16(15-9)11-4-3-7-17-8-11/h11H,3-8,14H2,1-2H3. The van der Waals surface area contributed by atoms with Crippen LogP contribution < -0.4 is 5.73 Å². The van der Waals surface area contributed by atoms with Crippen molar-refractivity contribution in [2.24, 2.45) is 5.73 Å². The lowest BCUT2D eigenvalue weighted by Crippen LogP contribution is -2.24. The summed E-state index contributed by atoms with van der Waals surface area (Å²) in [7, 11) is 0.